The van der Waals surface area contributed by atoms with Crippen LogP contribution in [0.15, 0.2) is 34.9 Å². The molecule has 0 aliphatic carbocycles. The maximum Gasteiger partial charge on any atom is 0.226 e. The van der Waals surface area contributed by atoms with Crippen molar-refractivity contribution >= 4 is 9.84 Å². The van der Waals surface area contributed by atoms with Crippen LogP contribution < -0.4 is 0 Å². The summed E-state index contributed by atoms with van der Waals surface area (Å²) < 4.78 is 35.2. The second kappa shape index (κ2) is 6.22. The summed E-state index contributed by atoms with van der Waals surface area (Å²) in [5.41, 5.74) is 2.43. The van der Waals surface area contributed by atoms with Crippen LogP contribution in [0.3, 0.4) is 0 Å². The first kappa shape index (κ1) is 15.2. The quantitative estimate of drug-likeness (QED) is 0.847. The van der Waals surface area contributed by atoms with Gasteiger partial charge in [-0.2, -0.15) is 0 Å². The second-order valence-electron chi connectivity index (χ2n) is 5.70. The summed E-state index contributed by atoms with van der Waals surface area (Å²) in [7, 11) is -3.24. The number of benzene rings is 1. The summed E-state index contributed by atoms with van der Waals surface area (Å²) >= 11 is 0. The van der Waals surface area contributed by atoms with Crippen LogP contribution in [0.5, 0.6) is 0 Å². The lowest BCUT2D eigenvalue weighted by molar-refractivity contribution is 0.127. The van der Waals surface area contributed by atoms with E-state index in [0.29, 0.717) is 18.2 Å². The standard InChI is InChI=1S/C16H19NO4S/c1-12-4-6-13(7-5-12)16-17-14(9-21-16)10-22(18,19)11-15-3-2-8-20-15/h4-7,9,15H,2-3,8,10-11H2,1H3. The van der Waals surface area contributed by atoms with Gasteiger partial charge in [0.25, 0.3) is 0 Å². The Kier molecular flexibility index (Phi) is 4.31. The molecule has 1 aromatic heterocycles. The molecule has 0 saturated carbocycles. The van der Waals surface area contributed by atoms with Crippen molar-refractivity contribution in [2.24, 2.45) is 0 Å². The maximum absolute atomic E-state index is 12.2. The molecule has 1 saturated heterocycles. The van der Waals surface area contributed by atoms with Crippen LogP contribution in [-0.2, 0) is 20.3 Å². The highest BCUT2D eigenvalue weighted by Gasteiger charge is 2.24. The van der Waals surface area contributed by atoms with Crippen molar-refractivity contribution in [3.05, 3.63) is 41.8 Å². The van der Waals surface area contributed by atoms with Gasteiger partial charge in [-0.05, 0) is 31.9 Å². The van der Waals surface area contributed by atoms with Crippen LogP contribution in [0, 0.1) is 6.92 Å². The average Bonchev–Trinajstić information content (AvgIpc) is 3.10. The van der Waals surface area contributed by atoms with Crippen LogP contribution in [0.25, 0.3) is 11.5 Å². The highest BCUT2D eigenvalue weighted by atomic mass is 32.2. The number of ether oxygens (including phenoxy) is 1. The lowest BCUT2D eigenvalue weighted by atomic mass is 10.1. The SMILES string of the molecule is Cc1ccc(-c2nc(CS(=O)(=O)CC3CCCO3)co2)cc1. The number of hydrogen-bond acceptors (Lipinski definition) is 5. The van der Waals surface area contributed by atoms with Crippen molar-refractivity contribution in [1.82, 2.24) is 4.98 Å². The molecule has 0 amide bonds. The van der Waals surface area contributed by atoms with Gasteiger partial charge in [0.1, 0.15) is 6.26 Å². The van der Waals surface area contributed by atoms with Gasteiger partial charge in [-0.15, -0.1) is 0 Å². The molecule has 1 aromatic carbocycles. The van der Waals surface area contributed by atoms with Crippen LogP contribution in [-0.4, -0.2) is 31.9 Å². The van der Waals surface area contributed by atoms with E-state index in [1.54, 1.807) is 0 Å². The van der Waals surface area contributed by atoms with Gasteiger partial charge in [0.05, 0.1) is 23.3 Å². The lowest BCUT2D eigenvalue weighted by Crippen LogP contribution is -2.21. The highest BCUT2D eigenvalue weighted by molar-refractivity contribution is 7.90. The van der Waals surface area contributed by atoms with E-state index in [1.807, 2.05) is 31.2 Å². The first-order valence-electron chi connectivity index (χ1n) is 7.35. The molecule has 1 unspecified atom stereocenters. The summed E-state index contributed by atoms with van der Waals surface area (Å²) in [4.78, 5) is 4.28. The Balaban J connectivity index is 1.69. The van der Waals surface area contributed by atoms with E-state index >= 15 is 0 Å². The van der Waals surface area contributed by atoms with Gasteiger partial charge in [-0.3, -0.25) is 0 Å². The Labute approximate surface area is 130 Å². The number of aryl methyl sites for hydroxylation is 1. The third-order valence-corrected chi connectivity index (χ3v) is 5.30. The normalized spacial score (nSPS) is 18.7. The first-order valence-corrected chi connectivity index (χ1v) is 9.17. The number of rotatable bonds is 5. The van der Waals surface area contributed by atoms with Gasteiger partial charge in [0.2, 0.25) is 5.89 Å². The number of sulfone groups is 1. The zero-order valence-corrected chi connectivity index (χ0v) is 13.3. The Hall–Kier alpha value is -1.66. The number of nitrogens with zero attached hydrogens (tertiary/aromatic N) is 1. The Morgan fingerprint density at radius 2 is 2.05 bits per heavy atom. The summed E-state index contributed by atoms with van der Waals surface area (Å²) in [6.45, 7) is 2.66. The molecule has 118 valence electrons. The van der Waals surface area contributed by atoms with Gasteiger partial charge in [0.15, 0.2) is 9.84 Å². The summed E-state index contributed by atoms with van der Waals surface area (Å²) in [6, 6.07) is 7.75. The third kappa shape index (κ3) is 3.75. The van der Waals surface area contributed by atoms with E-state index in [4.69, 9.17) is 9.15 Å². The van der Waals surface area contributed by atoms with Gasteiger partial charge >= 0.3 is 0 Å². The van der Waals surface area contributed by atoms with Crippen LogP contribution in [0.2, 0.25) is 0 Å². The molecule has 0 bridgehead atoms. The minimum Gasteiger partial charge on any atom is -0.444 e. The smallest absolute Gasteiger partial charge is 0.226 e. The average molecular weight is 321 g/mol. The first-order chi connectivity index (χ1) is 10.5. The fourth-order valence-corrected chi connectivity index (χ4v) is 4.08. The van der Waals surface area contributed by atoms with Gasteiger partial charge in [0, 0.05) is 12.2 Å². The van der Waals surface area contributed by atoms with E-state index in [0.717, 1.165) is 24.0 Å². The molecule has 6 heteroatoms. The van der Waals surface area contributed by atoms with Crippen molar-refractivity contribution in [2.75, 3.05) is 12.4 Å². The molecule has 1 fully saturated rings. The molecular weight excluding hydrogens is 302 g/mol. The Morgan fingerprint density at radius 3 is 2.73 bits per heavy atom. The van der Waals surface area contributed by atoms with Crippen LogP contribution in [0.4, 0.5) is 0 Å². The highest BCUT2D eigenvalue weighted by Crippen LogP contribution is 2.21. The molecule has 0 spiro atoms. The van der Waals surface area contributed by atoms with Crippen LogP contribution in [0.1, 0.15) is 24.1 Å². The van der Waals surface area contributed by atoms with E-state index in [1.165, 1.54) is 6.26 Å². The second-order valence-corrected chi connectivity index (χ2v) is 7.81. The van der Waals surface area contributed by atoms with E-state index in [2.05, 4.69) is 4.98 Å². The van der Waals surface area contributed by atoms with Gasteiger partial charge < -0.3 is 9.15 Å². The third-order valence-electron chi connectivity index (χ3n) is 3.68. The predicted octanol–water partition coefficient (Wildman–Crippen LogP) is 2.74. The summed E-state index contributed by atoms with van der Waals surface area (Å²) in [5, 5.41) is 0. The summed E-state index contributed by atoms with van der Waals surface area (Å²) in [5.74, 6) is 0.393. The fraction of sp³-hybridized carbons (Fsp3) is 0.438. The molecular formula is C16H19NO4S. The summed E-state index contributed by atoms with van der Waals surface area (Å²) in [6.07, 6.45) is 2.99. The zero-order chi connectivity index (χ0) is 15.6. The lowest BCUT2D eigenvalue weighted by Gasteiger charge is -2.08. The largest absolute Gasteiger partial charge is 0.444 e. The monoisotopic (exact) mass is 321 g/mol. The molecule has 1 aliphatic heterocycles. The molecule has 2 heterocycles. The number of aromatic nitrogens is 1. The van der Waals surface area contributed by atoms with Gasteiger partial charge in [-0.1, -0.05) is 17.7 Å². The number of hydrogen-bond donors (Lipinski definition) is 0. The van der Waals surface area contributed by atoms with Crippen molar-refractivity contribution in [3.63, 3.8) is 0 Å². The van der Waals surface area contributed by atoms with Crippen molar-refractivity contribution in [1.29, 1.82) is 0 Å². The molecule has 0 radical (unpaired) electrons. The predicted molar refractivity (Wildman–Crippen MR) is 83.1 cm³/mol. The van der Waals surface area contributed by atoms with Gasteiger partial charge in [-0.25, -0.2) is 13.4 Å². The molecule has 0 N–H and O–H groups in total. The van der Waals surface area contributed by atoms with E-state index in [-0.39, 0.29) is 17.6 Å². The zero-order valence-electron chi connectivity index (χ0n) is 12.5. The molecule has 2 aromatic rings. The molecule has 22 heavy (non-hydrogen) atoms. The van der Waals surface area contributed by atoms with E-state index < -0.39 is 9.84 Å². The minimum atomic E-state index is -3.24. The van der Waals surface area contributed by atoms with Crippen molar-refractivity contribution in [3.8, 4) is 11.5 Å². The topological polar surface area (TPSA) is 69.4 Å². The molecule has 5 nitrogen and oxygen atoms in total. The maximum atomic E-state index is 12.2. The Bertz CT molecular complexity index is 728. The fourth-order valence-electron chi connectivity index (χ4n) is 2.55. The van der Waals surface area contributed by atoms with Crippen LogP contribution >= 0.6 is 0 Å². The van der Waals surface area contributed by atoms with E-state index in [9.17, 15) is 8.42 Å². The van der Waals surface area contributed by atoms with Crippen molar-refractivity contribution < 1.29 is 17.6 Å². The van der Waals surface area contributed by atoms with Crippen molar-refractivity contribution in [2.45, 2.75) is 31.6 Å². The molecule has 1 atom stereocenters. The minimum absolute atomic E-state index is 0.0553. The number of oxazole rings is 1. The molecule has 1 aliphatic rings. The Morgan fingerprint density at radius 1 is 1.27 bits per heavy atom. The molecule has 3 rings (SSSR count).